The zero-order valence-corrected chi connectivity index (χ0v) is 14.3. The van der Waals surface area contributed by atoms with Crippen LogP contribution in [0.1, 0.15) is 22.6 Å². The molecular formula is C22H17Br. The second-order valence-corrected chi connectivity index (χ2v) is 6.91. The first-order valence-corrected chi connectivity index (χ1v) is 8.71. The third-order valence-electron chi connectivity index (χ3n) is 4.52. The van der Waals surface area contributed by atoms with Crippen LogP contribution in [0.4, 0.5) is 0 Å². The number of hydrogen-bond acceptors (Lipinski definition) is 0. The highest BCUT2D eigenvalue weighted by Gasteiger charge is 2.15. The number of halogens is 1. The Morgan fingerprint density at radius 3 is 2.13 bits per heavy atom. The van der Waals surface area contributed by atoms with Gasteiger partial charge in [0.2, 0.25) is 0 Å². The average molecular weight is 361 g/mol. The maximum atomic E-state index is 3.49. The van der Waals surface area contributed by atoms with Gasteiger partial charge in [-0.25, -0.2) is 0 Å². The summed E-state index contributed by atoms with van der Waals surface area (Å²) in [7, 11) is 0. The molecule has 0 aliphatic heterocycles. The zero-order chi connectivity index (χ0) is 15.6. The first-order chi connectivity index (χ1) is 11.3. The minimum atomic E-state index is 0.476. The standard InChI is InChI=1S/C22H17Br/c23-22-13-11-18(12-14-22)17-5-7-19(8-6-17)21-10-9-16-3-1-2-4-20(16)15-21/h1-14,21H,15H2. The molecule has 3 aromatic carbocycles. The quantitative estimate of drug-likeness (QED) is 0.491. The van der Waals surface area contributed by atoms with Gasteiger partial charge in [0.15, 0.2) is 0 Å². The molecule has 1 heteroatoms. The molecule has 4 rings (SSSR count). The summed E-state index contributed by atoms with van der Waals surface area (Å²) in [6.45, 7) is 0. The van der Waals surface area contributed by atoms with E-state index < -0.39 is 0 Å². The normalized spacial score (nSPS) is 16.1. The van der Waals surface area contributed by atoms with Crippen molar-refractivity contribution in [3.63, 3.8) is 0 Å². The molecule has 1 atom stereocenters. The lowest BCUT2D eigenvalue weighted by atomic mass is 9.85. The number of fused-ring (bicyclic) bond motifs is 1. The molecule has 0 radical (unpaired) electrons. The van der Waals surface area contributed by atoms with Crippen LogP contribution < -0.4 is 0 Å². The minimum Gasteiger partial charge on any atom is -0.0761 e. The number of benzene rings is 3. The molecule has 3 aromatic rings. The number of rotatable bonds is 2. The van der Waals surface area contributed by atoms with Gasteiger partial charge in [-0.3, -0.25) is 0 Å². The van der Waals surface area contributed by atoms with E-state index in [9.17, 15) is 0 Å². The molecule has 23 heavy (non-hydrogen) atoms. The average Bonchev–Trinajstić information content (AvgIpc) is 2.62. The molecule has 0 heterocycles. The Kier molecular flexibility index (Phi) is 3.88. The minimum absolute atomic E-state index is 0.476. The maximum absolute atomic E-state index is 3.49. The van der Waals surface area contributed by atoms with Crippen LogP contribution in [0.15, 0.2) is 83.3 Å². The van der Waals surface area contributed by atoms with Gasteiger partial charge in [-0.15, -0.1) is 0 Å². The molecule has 0 nitrogen and oxygen atoms in total. The van der Waals surface area contributed by atoms with E-state index in [2.05, 4.69) is 101 Å². The predicted octanol–water partition coefficient (Wildman–Crippen LogP) is 6.47. The van der Waals surface area contributed by atoms with Crippen molar-refractivity contribution >= 4 is 22.0 Å². The van der Waals surface area contributed by atoms with E-state index in [4.69, 9.17) is 0 Å². The van der Waals surface area contributed by atoms with Gasteiger partial charge in [0.1, 0.15) is 0 Å². The van der Waals surface area contributed by atoms with Crippen LogP contribution in [0.5, 0.6) is 0 Å². The molecule has 0 bridgehead atoms. The summed E-state index contributed by atoms with van der Waals surface area (Å²) in [6.07, 6.45) is 5.67. The summed E-state index contributed by atoms with van der Waals surface area (Å²) in [4.78, 5) is 0. The fourth-order valence-electron chi connectivity index (χ4n) is 3.20. The summed E-state index contributed by atoms with van der Waals surface area (Å²) >= 11 is 3.49. The van der Waals surface area contributed by atoms with Gasteiger partial charge in [-0.05, 0) is 46.4 Å². The van der Waals surface area contributed by atoms with Gasteiger partial charge in [0.05, 0.1) is 0 Å². The Hall–Kier alpha value is -2.12. The molecular weight excluding hydrogens is 344 g/mol. The maximum Gasteiger partial charge on any atom is 0.0175 e. The second kappa shape index (κ2) is 6.17. The second-order valence-electron chi connectivity index (χ2n) is 6.00. The molecule has 112 valence electrons. The van der Waals surface area contributed by atoms with E-state index in [1.54, 1.807) is 0 Å². The Labute approximate surface area is 145 Å². The van der Waals surface area contributed by atoms with Crippen molar-refractivity contribution in [3.05, 3.63) is 100 Å². The molecule has 0 fully saturated rings. The van der Waals surface area contributed by atoms with Crippen LogP contribution in [-0.4, -0.2) is 0 Å². The smallest absolute Gasteiger partial charge is 0.0175 e. The zero-order valence-electron chi connectivity index (χ0n) is 12.7. The number of allylic oxidation sites excluding steroid dienone is 1. The van der Waals surface area contributed by atoms with Crippen LogP contribution >= 0.6 is 15.9 Å². The van der Waals surface area contributed by atoms with E-state index in [-0.39, 0.29) is 0 Å². The lowest BCUT2D eigenvalue weighted by Crippen LogP contribution is -2.05. The first-order valence-electron chi connectivity index (χ1n) is 7.91. The van der Waals surface area contributed by atoms with Crippen LogP contribution in [0.25, 0.3) is 17.2 Å². The Morgan fingerprint density at radius 1 is 0.739 bits per heavy atom. The van der Waals surface area contributed by atoms with Crippen molar-refractivity contribution in [1.29, 1.82) is 0 Å². The molecule has 0 N–H and O–H groups in total. The SMILES string of the molecule is Brc1ccc(-c2ccc(C3C=Cc4ccccc4C3)cc2)cc1. The molecule has 0 saturated carbocycles. The molecule has 0 saturated heterocycles. The van der Waals surface area contributed by atoms with Gasteiger partial charge >= 0.3 is 0 Å². The highest BCUT2D eigenvalue weighted by molar-refractivity contribution is 9.10. The topological polar surface area (TPSA) is 0 Å². The van der Waals surface area contributed by atoms with Crippen LogP contribution in [0.2, 0.25) is 0 Å². The fourth-order valence-corrected chi connectivity index (χ4v) is 3.47. The highest BCUT2D eigenvalue weighted by Crippen LogP contribution is 2.31. The summed E-state index contributed by atoms with van der Waals surface area (Å²) in [5.41, 5.74) is 6.70. The van der Waals surface area contributed by atoms with Crippen molar-refractivity contribution in [1.82, 2.24) is 0 Å². The van der Waals surface area contributed by atoms with Crippen molar-refractivity contribution in [3.8, 4) is 11.1 Å². The summed E-state index contributed by atoms with van der Waals surface area (Å²) < 4.78 is 1.11. The largest absolute Gasteiger partial charge is 0.0761 e. The Morgan fingerprint density at radius 2 is 1.39 bits per heavy atom. The number of hydrogen-bond donors (Lipinski definition) is 0. The van der Waals surface area contributed by atoms with E-state index in [0.29, 0.717) is 5.92 Å². The van der Waals surface area contributed by atoms with E-state index in [0.717, 1.165) is 10.9 Å². The van der Waals surface area contributed by atoms with Gasteiger partial charge in [-0.2, -0.15) is 0 Å². The molecule has 0 aromatic heterocycles. The predicted molar refractivity (Wildman–Crippen MR) is 101 cm³/mol. The summed E-state index contributed by atoms with van der Waals surface area (Å²) in [5, 5.41) is 0. The molecule has 0 amide bonds. The summed E-state index contributed by atoms with van der Waals surface area (Å²) in [6, 6.07) is 26.1. The molecule has 0 spiro atoms. The summed E-state index contributed by atoms with van der Waals surface area (Å²) in [5.74, 6) is 0.476. The molecule has 1 aliphatic carbocycles. The highest BCUT2D eigenvalue weighted by atomic mass is 79.9. The third kappa shape index (κ3) is 3.02. The molecule has 1 unspecified atom stereocenters. The fraction of sp³-hybridized carbons (Fsp3) is 0.0909. The van der Waals surface area contributed by atoms with Crippen molar-refractivity contribution in [2.24, 2.45) is 0 Å². The first kappa shape index (κ1) is 14.5. The van der Waals surface area contributed by atoms with Gasteiger partial charge in [0, 0.05) is 10.4 Å². The monoisotopic (exact) mass is 360 g/mol. The van der Waals surface area contributed by atoms with Crippen molar-refractivity contribution in [2.75, 3.05) is 0 Å². The van der Waals surface area contributed by atoms with E-state index in [1.807, 2.05) is 0 Å². The van der Waals surface area contributed by atoms with Crippen molar-refractivity contribution < 1.29 is 0 Å². The van der Waals surface area contributed by atoms with E-state index in [1.165, 1.54) is 27.8 Å². The Balaban J connectivity index is 1.59. The van der Waals surface area contributed by atoms with Crippen LogP contribution in [0, 0.1) is 0 Å². The lowest BCUT2D eigenvalue weighted by molar-refractivity contribution is 0.827. The van der Waals surface area contributed by atoms with Gasteiger partial charge in [0.25, 0.3) is 0 Å². The molecule has 1 aliphatic rings. The van der Waals surface area contributed by atoms with Gasteiger partial charge in [-0.1, -0.05) is 88.7 Å². The van der Waals surface area contributed by atoms with Gasteiger partial charge < -0.3 is 0 Å². The van der Waals surface area contributed by atoms with E-state index >= 15 is 0 Å². The lowest BCUT2D eigenvalue weighted by Gasteiger charge is -2.20. The van der Waals surface area contributed by atoms with Crippen LogP contribution in [-0.2, 0) is 6.42 Å². The Bertz CT molecular complexity index is 842. The van der Waals surface area contributed by atoms with Crippen LogP contribution in [0.3, 0.4) is 0 Å². The third-order valence-corrected chi connectivity index (χ3v) is 5.05. The van der Waals surface area contributed by atoms with Crippen molar-refractivity contribution in [2.45, 2.75) is 12.3 Å².